The number of hydrogen-bond donors (Lipinski definition) is 0. The lowest BCUT2D eigenvalue weighted by Gasteiger charge is -2.12. The standard InChI is InChI=1S/C12H17NO2S/c1-10-8-12(9-13(10)2)16(14,15)11-6-4-3-5-7-11/h3-7,10,12H,8-9H2,1-2H3/t10-,12-/m1/s1. The van der Waals surface area contributed by atoms with Crippen LogP contribution >= 0.6 is 0 Å². The Bertz CT molecular complexity index is 445. The minimum absolute atomic E-state index is 0.255. The number of hydrogen-bond acceptors (Lipinski definition) is 3. The molecular weight excluding hydrogens is 222 g/mol. The smallest absolute Gasteiger partial charge is 0.182 e. The maximum absolute atomic E-state index is 12.3. The molecule has 1 saturated heterocycles. The second-order valence-electron chi connectivity index (χ2n) is 4.50. The van der Waals surface area contributed by atoms with Crippen LogP contribution in [0.25, 0.3) is 0 Å². The first kappa shape index (κ1) is 11.6. The van der Waals surface area contributed by atoms with Crippen molar-refractivity contribution in [1.29, 1.82) is 0 Å². The molecule has 1 aromatic rings. The average Bonchev–Trinajstić information content (AvgIpc) is 2.61. The van der Waals surface area contributed by atoms with Crippen LogP contribution in [0.15, 0.2) is 35.2 Å². The molecule has 0 bridgehead atoms. The summed E-state index contributed by atoms with van der Waals surface area (Å²) >= 11 is 0. The van der Waals surface area contributed by atoms with E-state index in [2.05, 4.69) is 11.8 Å². The summed E-state index contributed by atoms with van der Waals surface area (Å²) in [5.74, 6) is 0. The van der Waals surface area contributed by atoms with Crippen molar-refractivity contribution >= 4 is 9.84 Å². The van der Waals surface area contributed by atoms with Crippen LogP contribution in [0.1, 0.15) is 13.3 Å². The first-order chi connectivity index (χ1) is 7.51. The number of likely N-dealkylation sites (tertiary alicyclic amines) is 1. The van der Waals surface area contributed by atoms with Crippen LogP contribution in [0.3, 0.4) is 0 Å². The summed E-state index contributed by atoms with van der Waals surface area (Å²) < 4.78 is 24.6. The van der Waals surface area contributed by atoms with Gasteiger partial charge in [0.1, 0.15) is 0 Å². The van der Waals surface area contributed by atoms with E-state index < -0.39 is 9.84 Å². The Hall–Kier alpha value is -0.870. The fraction of sp³-hybridized carbons (Fsp3) is 0.500. The van der Waals surface area contributed by atoms with Crippen LogP contribution < -0.4 is 0 Å². The molecule has 88 valence electrons. The van der Waals surface area contributed by atoms with E-state index in [4.69, 9.17) is 0 Å². The van der Waals surface area contributed by atoms with Gasteiger partial charge in [0.2, 0.25) is 0 Å². The molecule has 2 rings (SSSR count). The summed E-state index contributed by atoms with van der Waals surface area (Å²) in [7, 11) is -1.17. The Balaban J connectivity index is 2.28. The van der Waals surface area contributed by atoms with Crippen molar-refractivity contribution in [3.05, 3.63) is 30.3 Å². The Morgan fingerprint density at radius 1 is 1.25 bits per heavy atom. The maximum atomic E-state index is 12.3. The summed E-state index contributed by atoms with van der Waals surface area (Å²) in [6, 6.07) is 9.09. The summed E-state index contributed by atoms with van der Waals surface area (Å²) in [6.45, 7) is 2.71. The molecule has 0 radical (unpaired) electrons. The zero-order valence-corrected chi connectivity index (χ0v) is 10.4. The van der Waals surface area contributed by atoms with E-state index in [1.54, 1.807) is 24.3 Å². The largest absolute Gasteiger partial charge is 0.302 e. The van der Waals surface area contributed by atoms with Gasteiger partial charge in [-0.2, -0.15) is 0 Å². The SMILES string of the molecule is C[C@@H]1C[C@@H](S(=O)(=O)c2ccccc2)CN1C. The molecule has 0 spiro atoms. The van der Waals surface area contributed by atoms with Crippen molar-refractivity contribution in [2.45, 2.75) is 29.5 Å². The fourth-order valence-electron chi connectivity index (χ4n) is 2.16. The molecule has 0 saturated carbocycles. The predicted octanol–water partition coefficient (Wildman–Crippen LogP) is 1.55. The van der Waals surface area contributed by atoms with Gasteiger partial charge in [0.05, 0.1) is 10.1 Å². The van der Waals surface area contributed by atoms with Crippen molar-refractivity contribution < 1.29 is 8.42 Å². The highest BCUT2D eigenvalue weighted by atomic mass is 32.2. The van der Waals surface area contributed by atoms with E-state index in [1.165, 1.54) is 0 Å². The van der Waals surface area contributed by atoms with Crippen molar-refractivity contribution in [2.24, 2.45) is 0 Å². The molecular formula is C12H17NO2S. The van der Waals surface area contributed by atoms with Gasteiger partial charge in [0, 0.05) is 12.6 Å². The minimum atomic E-state index is -3.15. The summed E-state index contributed by atoms with van der Waals surface area (Å²) in [5.41, 5.74) is 0. The fourth-order valence-corrected chi connectivity index (χ4v) is 4.05. The van der Waals surface area contributed by atoms with Gasteiger partial charge in [-0.1, -0.05) is 18.2 Å². The third-order valence-electron chi connectivity index (χ3n) is 3.36. The predicted molar refractivity (Wildman–Crippen MR) is 64.1 cm³/mol. The number of sulfone groups is 1. The highest BCUT2D eigenvalue weighted by molar-refractivity contribution is 7.92. The van der Waals surface area contributed by atoms with E-state index >= 15 is 0 Å². The molecule has 2 atom stereocenters. The Kier molecular flexibility index (Phi) is 3.04. The highest BCUT2D eigenvalue weighted by Gasteiger charge is 2.36. The molecule has 1 aliphatic rings. The molecule has 0 aromatic heterocycles. The minimum Gasteiger partial charge on any atom is -0.302 e. The maximum Gasteiger partial charge on any atom is 0.182 e. The van der Waals surface area contributed by atoms with Crippen molar-refractivity contribution in [2.75, 3.05) is 13.6 Å². The van der Waals surface area contributed by atoms with E-state index in [-0.39, 0.29) is 5.25 Å². The molecule has 1 fully saturated rings. The molecule has 1 aliphatic heterocycles. The normalized spacial score (nSPS) is 27.1. The average molecular weight is 239 g/mol. The molecule has 1 aromatic carbocycles. The molecule has 3 nitrogen and oxygen atoms in total. The third-order valence-corrected chi connectivity index (χ3v) is 5.51. The van der Waals surface area contributed by atoms with Crippen LogP contribution in [0.2, 0.25) is 0 Å². The lowest BCUT2D eigenvalue weighted by atomic mass is 10.2. The third kappa shape index (κ3) is 1.99. The molecule has 0 amide bonds. The molecule has 0 aliphatic carbocycles. The van der Waals surface area contributed by atoms with E-state index in [9.17, 15) is 8.42 Å². The Morgan fingerprint density at radius 3 is 2.38 bits per heavy atom. The topological polar surface area (TPSA) is 37.4 Å². The van der Waals surface area contributed by atoms with E-state index in [0.29, 0.717) is 17.5 Å². The van der Waals surface area contributed by atoms with Gasteiger partial charge < -0.3 is 4.90 Å². The molecule has 1 heterocycles. The van der Waals surface area contributed by atoms with Crippen LogP contribution in [0.4, 0.5) is 0 Å². The summed E-state index contributed by atoms with van der Waals surface area (Å²) in [5, 5.41) is -0.255. The molecule has 4 heteroatoms. The van der Waals surface area contributed by atoms with Crippen LogP contribution in [-0.4, -0.2) is 38.2 Å². The zero-order valence-electron chi connectivity index (χ0n) is 9.63. The molecule has 0 N–H and O–H groups in total. The van der Waals surface area contributed by atoms with Gasteiger partial charge in [-0.15, -0.1) is 0 Å². The van der Waals surface area contributed by atoms with Gasteiger partial charge in [0.25, 0.3) is 0 Å². The zero-order chi connectivity index (χ0) is 11.8. The van der Waals surface area contributed by atoms with Crippen molar-refractivity contribution in [1.82, 2.24) is 4.90 Å². The first-order valence-corrected chi connectivity index (χ1v) is 7.05. The quantitative estimate of drug-likeness (QED) is 0.786. The van der Waals surface area contributed by atoms with Crippen LogP contribution in [-0.2, 0) is 9.84 Å². The van der Waals surface area contributed by atoms with Gasteiger partial charge >= 0.3 is 0 Å². The van der Waals surface area contributed by atoms with Crippen molar-refractivity contribution in [3.8, 4) is 0 Å². The monoisotopic (exact) mass is 239 g/mol. The molecule has 0 unspecified atom stereocenters. The highest BCUT2D eigenvalue weighted by Crippen LogP contribution is 2.26. The number of benzene rings is 1. The van der Waals surface area contributed by atoms with E-state index in [1.807, 2.05) is 13.1 Å². The van der Waals surface area contributed by atoms with Gasteiger partial charge in [-0.05, 0) is 32.5 Å². The first-order valence-electron chi connectivity index (χ1n) is 5.51. The van der Waals surface area contributed by atoms with E-state index in [0.717, 1.165) is 6.42 Å². The second kappa shape index (κ2) is 4.18. The number of nitrogens with zero attached hydrogens (tertiary/aromatic N) is 1. The van der Waals surface area contributed by atoms with Gasteiger partial charge in [-0.3, -0.25) is 0 Å². The Labute approximate surface area is 97.0 Å². The Morgan fingerprint density at radius 2 is 1.88 bits per heavy atom. The summed E-state index contributed by atoms with van der Waals surface area (Å²) in [4.78, 5) is 2.55. The van der Waals surface area contributed by atoms with Gasteiger partial charge in [0.15, 0.2) is 9.84 Å². The lowest BCUT2D eigenvalue weighted by molar-refractivity contribution is 0.331. The second-order valence-corrected chi connectivity index (χ2v) is 6.73. The van der Waals surface area contributed by atoms with Crippen LogP contribution in [0.5, 0.6) is 0 Å². The summed E-state index contributed by atoms with van der Waals surface area (Å²) in [6.07, 6.45) is 0.730. The van der Waals surface area contributed by atoms with Gasteiger partial charge in [-0.25, -0.2) is 8.42 Å². The molecule has 16 heavy (non-hydrogen) atoms. The lowest BCUT2D eigenvalue weighted by Crippen LogP contribution is -2.25. The van der Waals surface area contributed by atoms with Crippen molar-refractivity contribution in [3.63, 3.8) is 0 Å². The number of rotatable bonds is 2. The van der Waals surface area contributed by atoms with Crippen LogP contribution in [0, 0.1) is 0 Å².